The molecule has 1 aromatic carbocycles. The number of amides is 1. The molecule has 1 aromatic heterocycles. The van der Waals surface area contributed by atoms with Crippen LogP contribution < -0.4 is 15.0 Å². The predicted molar refractivity (Wildman–Crippen MR) is 133 cm³/mol. The molecule has 34 heavy (non-hydrogen) atoms. The first-order valence-corrected chi connectivity index (χ1v) is 12.2. The number of aryl methyl sites for hydroxylation is 2. The fraction of sp³-hybridized carbons (Fsp3) is 0.560. The Bertz CT molecular complexity index is 925. The zero-order valence-electron chi connectivity index (χ0n) is 20.1. The fourth-order valence-corrected chi connectivity index (χ4v) is 4.45. The monoisotopic (exact) mass is 490 g/mol. The molecule has 1 aliphatic heterocycles. The Morgan fingerprint density at radius 3 is 2.44 bits per heavy atom. The summed E-state index contributed by atoms with van der Waals surface area (Å²) in [5.74, 6) is 1.90. The third-order valence-electron chi connectivity index (χ3n) is 6.39. The van der Waals surface area contributed by atoms with Crippen LogP contribution in [-0.4, -0.2) is 64.5 Å². The van der Waals surface area contributed by atoms with Gasteiger partial charge in [0.2, 0.25) is 5.95 Å². The first-order chi connectivity index (χ1) is 16.3. The van der Waals surface area contributed by atoms with Crippen LogP contribution in [0.2, 0.25) is 5.02 Å². The molecule has 2 aromatic rings. The van der Waals surface area contributed by atoms with Gasteiger partial charge < -0.3 is 25.2 Å². The SMILES string of the molecule is Cc1cc(OCCCC2CCN(c3ncc(Cl)cn3)CC2)cc(C)c1C(=O)N[C@H](C)[C@H](O)CO. The van der Waals surface area contributed by atoms with Crippen molar-refractivity contribution in [2.45, 2.75) is 58.6 Å². The molecule has 0 bridgehead atoms. The highest BCUT2D eigenvalue weighted by Crippen LogP contribution is 2.26. The van der Waals surface area contributed by atoms with E-state index in [1.54, 1.807) is 19.3 Å². The van der Waals surface area contributed by atoms with Gasteiger partial charge in [-0.1, -0.05) is 11.6 Å². The molecule has 0 spiro atoms. The second-order valence-corrected chi connectivity index (χ2v) is 9.50. The van der Waals surface area contributed by atoms with E-state index in [-0.39, 0.29) is 5.91 Å². The van der Waals surface area contributed by atoms with Crippen molar-refractivity contribution in [1.82, 2.24) is 15.3 Å². The van der Waals surface area contributed by atoms with E-state index in [2.05, 4.69) is 20.2 Å². The van der Waals surface area contributed by atoms with Gasteiger partial charge >= 0.3 is 0 Å². The van der Waals surface area contributed by atoms with Gasteiger partial charge in [-0.2, -0.15) is 0 Å². The standard InChI is InChI=1S/C25H35ClN4O4/c1-16-11-21(12-17(2)23(16)24(33)29-18(3)22(32)15-31)34-10-4-5-19-6-8-30(9-7-19)25-27-13-20(26)14-28-25/h11-14,18-19,22,31-32H,4-10,15H2,1-3H3,(H,29,33)/t18-,22-/m1/s1. The topological polar surface area (TPSA) is 108 Å². The number of aliphatic hydroxyl groups is 2. The quantitative estimate of drug-likeness (QED) is 0.438. The van der Waals surface area contributed by atoms with Crippen molar-refractivity contribution in [2.24, 2.45) is 5.92 Å². The van der Waals surface area contributed by atoms with E-state index in [1.807, 2.05) is 26.0 Å². The van der Waals surface area contributed by atoms with Crippen LogP contribution in [0.25, 0.3) is 0 Å². The van der Waals surface area contributed by atoms with E-state index in [0.29, 0.717) is 23.1 Å². The maximum atomic E-state index is 12.6. The summed E-state index contributed by atoms with van der Waals surface area (Å²) in [6.45, 7) is 7.54. The van der Waals surface area contributed by atoms with Crippen LogP contribution in [0.1, 0.15) is 54.1 Å². The zero-order valence-corrected chi connectivity index (χ0v) is 20.9. The Kier molecular flexibility index (Phi) is 9.50. The Morgan fingerprint density at radius 2 is 1.85 bits per heavy atom. The summed E-state index contributed by atoms with van der Waals surface area (Å²) in [6.07, 6.45) is 6.58. The van der Waals surface area contributed by atoms with Gasteiger partial charge in [0.25, 0.3) is 5.91 Å². The van der Waals surface area contributed by atoms with Crippen LogP contribution in [0.5, 0.6) is 5.75 Å². The molecule has 3 N–H and O–H groups in total. The molecule has 1 fully saturated rings. The maximum Gasteiger partial charge on any atom is 0.252 e. The van der Waals surface area contributed by atoms with Gasteiger partial charge in [-0.3, -0.25) is 4.79 Å². The molecular weight excluding hydrogens is 456 g/mol. The van der Waals surface area contributed by atoms with Gasteiger partial charge in [-0.05, 0) is 75.6 Å². The van der Waals surface area contributed by atoms with Crippen molar-refractivity contribution in [3.63, 3.8) is 0 Å². The van der Waals surface area contributed by atoms with Gasteiger partial charge in [-0.15, -0.1) is 0 Å². The molecule has 1 saturated heterocycles. The van der Waals surface area contributed by atoms with Crippen molar-refractivity contribution in [2.75, 3.05) is 31.2 Å². The second kappa shape index (κ2) is 12.3. The number of anilines is 1. The molecule has 3 rings (SSSR count). The molecule has 2 heterocycles. The zero-order chi connectivity index (χ0) is 24.7. The van der Waals surface area contributed by atoms with E-state index in [1.165, 1.54) is 0 Å². The van der Waals surface area contributed by atoms with Crippen LogP contribution in [0.3, 0.4) is 0 Å². The number of aliphatic hydroxyl groups excluding tert-OH is 2. The molecule has 8 nitrogen and oxygen atoms in total. The van der Waals surface area contributed by atoms with Crippen LogP contribution in [0.15, 0.2) is 24.5 Å². The Balaban J connectivity index is 1.43. The van der Waals surface area contributed by atoms with Crippen molar-refractivity contribution in [3.8, 4) is 5.75 Å². The lowest BCUT2D eigenvalue weighted by molar-refractivity contribution is 0.0610. The number of benzene rings is 1. The smallest absolute Gasteiger partial charge is 0.252 e. The molecule has 186 valence electrons. The summed E-state index contributed by atoms with van der Waals surface area (Å²) in [5, 5.41) is 22.1. The first kappa shape index (κ1) is 26.2. The van der Waals surface area contributed by atoms with Crippen LogP contribution >= 0.6 is 11.6 Å². The number of ether oxygens (including phenoxy) is 1. The number of hydrogen-bond acceptors (Lipinski definition) is 7. The van der Waals surface area contributed by atoms with E-state index in [0.717, 1.165) is 61.6 Å². The first-order valence-electron chi connectivity index (χ1n) is 11.8. The largest absolute Gasteiger partial charge is 0.494 e. The van der Waals surface area contributed by atoms with Gasteiger partial charge in [0.05, 0.1) is 42.8 Å². The van der Waals surface area contributed by atoms with Gasteiger partial charge in [0, 0.05) is 18.7 Å². The van der Waals surface area contributed by atoms with E-state index in [9.17, 15) is 9.90 Å². The number of carbonyl (C=O) groups is 1. The minimum absolute atomic E-state index is 0.267. The molecule has 0 radical (unpaired) electrons. The van der Waals surface area contributed by atoms with Crippen LogP contribution in [0.4, 0.5) is 5.95 Å². The van der Waals surface area contributed by atoms with Gasteiger partial charge in [-0.25, -0.2) is 9.97 Å². The maximum absolute atomic E-state index is 12.6. The molecular formula is C25H35ClN4O4. The number of nitrogens with one attached hydrogen (secondary N) is 1. The van der Waals surface area contributed by atoms with Crippen LogP contribution in [0, 0.1) is 19.8 Å². The second-order valence-electron chi connectivity index (χ2n) is 9.07. The minimum atomic E-state index is -0.995. The summed E-state index contributed by atoms with van der Waals surface area (Å²) >= 11 is 5.87. The molecule has 1 amide bonds. The van der Waals surface area contributed by atoms with E-state index < -0.39 is 18.8 Å². The highest BCUT2D eigenvalue weighted by atomic mass is 35.5. The third kappa shape index (κ3) is 7.04. The Morgan fingerprint density at radius 1 is 1.24 bits per heavy atom. The lowest BCUT2D eigenvalue weighted by Crippen LogP contribution is -2.43. The predicted octanol–water partition coefficient (Wildman–Crippen LogP) is 3.29. The number of carbonyl (C=O) groups excluding carboxylic acids is 1. The van der Waals surface area contributed by atoms with Crippen molar-refractivity contribution in [3.05, 3.63) is 46.2 Å². The lowest BCUT2D eigenvalue weighted by atomic mass is 9.92. The van der Waals surface area contributed by atoms with E-state index >= 15 is 0 Å². The molecule has 2 atom stereocenters. The summed E-state index contributed by atoms with van der Waals surface area (Å²) in [4.78, 5) is 23.5. The number of rotatable bonds is 10. The number of nitrogens with zero attached hydrogens (tertiary/aromatic N) is 3. The molecule has 9 heteroatoms. The summed E-state index contributed by atoms with van der Waals surface area (Å²) in [6, 6.07) is 3.21. The number of halogens is 1. The molecule has 0 aliphatic carbocycles. The number of hydrogen-bond donors (Lipinski definition) is 3. The number of aromatic nitrogens is 2. The average molecular weight is 491 g/mol. The summed E-state index contributed by atoms with van der Waals surface area (Å²) in [5.41, 5.74) is 2.20. The highest BCUT2D eigenvalue weighted by molar-refractivity contribution is 6.30. The average Bonchev–Trinajstić information content (AvgIpc) is 2.81. The Labute approximate surface area is 206 Å². The minimum Gasteiger partial charge on any atom is -0.494 e. The molecule has 0 saturated carbocycles. The van der Waals surface area contributed by atoms with E-state index in [4.69, 9.17) is 21.4 Å². The lowest BCUT2D eigenvalue weighted by Gasteiger charge is -2.32. The fourth-order valence-electron chi connectivity index (χ4n) is 4.35. The highest BCUT2D eigenvalue weighted by Gasteiger charge is 2.22. The third-order valence-corrected chi connectivity index (χ3v) is 6.58. The van der Waals surface area contributed by atoms with Crippen molar-refractivity contribution < 1.29 is 19.7 Å². The Hall–Kier alpha value is -2.42. The van der Waals surface area contributed by atoms with Gasteiger partial charge in [0.1, 0.15) is 5.75 Å². The van der Waals surface area contributed by atoms with Crippen molar-refractivity contribution >= 4 is 23.5 Å². The number of piperidine rings is 1. The summed E-state index contributed by atoms with van der Waals surface area (Å²) < 4.78 is 5.98. The summed E-state index contributed by atoms with van der Waals surface area (Å²) in [7, 11) is 0. The van der Waals surface area contributed by atoms with Crippen molar-refractivity contribution in [1.29, 1.82) is 0 Å². The molecule has 1 aliphatic rings. The molecule has 0 unspecified atom stereocenters. The van der Waals surface area contributed by atoms with Gasteiger partial charge in [0.15, 0.2) is 0 Å². The normalized spacial score (nSPS) is 16.2. The van der Waals surface area contributed by atoms with Crippen LogP contribution in [-0.2, 0) is 0 Å².